The summed E-state index contributed by atoms with van der Waals surface area (Å²) >= 11 is 0. The van der Waals surface area contributed by atoms with Crippen molar-refractivity contribution in [3.63, 3.8) is 0 Å². The number of hydrogen-bond acceptors (Lipinski definition) is 2. The van der Waals surface area contributed by atoms with Crippen LogP contribution in [0.25, 0.3) is 0 Å². The van der Waals surface area contributed by atoms with Gasteiger partial charge in [0, 0.05) is 11.3 Å². The number of nitrogen functional groups attached to an aromatic ring is 1. The minimum absolute atomic E-state index is 0.161. The molecule has 17 heavy (non-hydrogen) atoms. The highest BCUT2D eigenvalue weighted by Crippen LogP contribution is 2.18. The Labute approximate surface area is 96.7 Å². The van der Waals surface area contributed by atoms with Crippen molar-refractivity contribution in [2.75, 3.05) is 5.73 Å². The van der Waals surface area contributed by atoms with Crippen LogP contribution in [0.15, 0.2) is 42.5 Å². The zero-order valence-corrected chi connectivity index (χ0v) is 8.78. The van der Waals surface area contributed by atoms with Gasteiger partial charge in [0.2, 0.25) is 0 Å². The van der Waals surface area contributed by atoms with E-state index in [1.807, 2.05) is 0 Å². The molecule has 0 heterocycles. The summed E-state index contributed by atoms with van der Waals surface area (Å²) in [6.07, 6.45) is 0. The Balaban J connectivity index is 2.51. The molecule has 4 heteroatoms. The first-order chi connectivity index (χ1) is 8.09. The molecule has 2 nitrogen and oxygen atoms in total. The molecule has 0 amide bonds. The largest absolute Gasteiger partial charge is 0.399 e. The van der Waals surface area contributed by atoms with Crippen molar-refractivity contribution in [3.05, 3.63) is 65.2 Å². The monoisotopic (exact) mass is 233 g/mol. The lowest BCUT2D eigenvalue weighted by atomic mass is 10.0. The van der Waals surface area contributed by atoms with E-state index >= 15 is 0 Å². The van der Waals surface area contributed by atoms with E-state index in [2.05, 4.69) is 0 Å². The molecule has 2 aromatic rings. The molecule has 2 rings (SSSR count). The lowest BCUT2D eigenvalue weighted by Crippen LogP contribution is -2.07. The molecular weight excluding hydrogens is 224 g/mol. The first-order valence-corrected chi connectivity index (χ1v) is 4.94. The van der Waals surface area contributed by atoms with Crippen LogP contribution in [0.5, 0.6) is 0 Å². The molecule has 0 saturated carbocycles. The number of carbonyl (C=O) groups excluding carboxylic acids is 1. The lowest BCUT2D eigenvalue weighted by molar-refractivity contribution is 0.103. The molecule has 2 aromatic carbocycles. The van der Waals surface area contributed by atoms with E-state index in [4.69, 9.17) is 5.73 Å². The Morgan fingerprint density at radius 2 is 1.59 bits per heavy atom. The predicted octanol–water partition coefficient (Wildman–Crippen LogP) is 2.78. The second-order valence-electron chi connectivity index (χ2n) is 3.55. The van der Waals surface area contributed by atoms with Gasteiger partial charge in [-0.15, -0.1) is 0 Å². The van der Waals surface area contributed by atoms with Gasteiger partial charge in [0.15, 0.2) is 5.78 Å². The van der Waals surface area contributed by atoms with E-state index in [1.54, 1.807) is 12.1 Å². The molecule has 2 N–H and O–H groups in total. The third-order valence-corrected chi connectivity index (χ3v) is 2.34. The Morgan fingerprint density at radius 1 is 1.00 bits per heavy atom. The van der Waals surface area contributed by atoms with Gasteiger partial charge in [-0.05, 0) is 24.3 Å². The third kappa shape index (κ3) is 2.15. The van der Waals surface area contributed by atoms with Gasteiger partial charge < -0.3 is 5.73 Å². The highest BCUT2D eigenvalue weighted by Gasteiger charge is 2.18. The van der Waals surface area contributed by atoms with Gasteiger partial charge >= 0.3 is 0 Å². The van der Waals surface area contributed by atoms with E-state index in [1.165, 1.54) is 18.2 Å². The number of halogens is 2. The molecule has 0 aliphatic carbocycles. The van der Waals surface area contributed by atoms with Crippen LogP contribution in [0.3, 0.4) is 0 Å². The maximum atomic E-state index is 13.4. The molecule has 0 saturated heterocycles. The second kappa shape index (κ2) is 4.33. The van der Waals surface area contributed by atoms with Crippen molar-refractivity contribution in [2.24, 2.45) is 0 Å². The summed E-state index contributed by atoms with van der Waals surface area (Å²) < 4.78 is 26.8. The fourth-order valence-electron chi connectivity index (χ4n) is 1.54. The molecule has 0 spiro atoms. The fourth-order valence-corrected chi connectivity index (χ4v) is 1.54. The zero-order valence-electron chi connectivity index (χ0n) is 8.78. The molecule has 0 radical (unpaired) electrons. The predicted molar refractivity (Wildman–Crippen MR) is 60.6 cm³/mol. The molecule has 0 aliphatic heterocycles. The van der Waals surface area contributed by atoms with Gasteiger partial charge in [-0.3, -0.25) is 4.79 Å². The maximum Gasteiger partial charge on any atom is 0.199 e. The van der Waals surface area contributed by atoms with Crippen LogP contribution in [-0.4, -0.2) is 5.78 Å². The quantitative estimate of drug-likeness (QED) is 0.640. The van der Waals surface area contributed by atoms with Gasteiger partial charge in [0.05, 0.1) is 5.56 Å². The first kappa shape index (κ1) is 11.3. The number of anilines is 1. The van der Waals surface area contributed by atoms with Crippen LogP contribution in [0.4, 0.5) is 14.5 Å². The minimum Gasteiger partial charge on any atom is -0.399 e. The summed E-state index contributed by atoms with van der Waals surface area (Å²) in [6.45, 7) is 0. The van der Waals surface area contributed by atoms with Crippen LogP contribution in [0.2, 0.25) is 0 Å². The van der Waals surface area contributed by atoms with E-state index in [0.717, 1.165) is 12.1 Å². The van der Waals surface area contributed by atoms with Crippen LogP contribution in [-0.2, 0) is 0 Å². The van der Waals surface area contributed by atoms with Crippen molar-refractivity contribution < 1.29 is 13.6 Å². The van der Waals surface area contributed by atoms with Gasteiger partial charge in [-0.2, -0.15) is 0 Å². The van der Waals surface area contributed by atoms with Gasteiger partial charge in [0.25, 0.3) is 0 Å². The summed E-state index contributed by atoms with van der Waals surface area (Å²) in [5.41, 5.74) is 5.48. The smallest absolute Gasteiger partial charge is 0.199 e. The van der Waals surface area contributed by atoms with Crippen LogP contribution in [0, 0.1) is 11.6 Å². The molecule has 0 aromatic heterocycles. The molecule has 0 aliphatic rings. The second-order valence-corrected chi connectivity index (χ2v) is 3.55. The highest BCUT2D eigenvalue weighted by atomic mass is 19.1. The molecule has 0 unspecified atom stereocenters. The van der Waals surface area contributed by atoms with E-state index in [9.17, 15) is 13.6 Å². The summed E-state index contributed by atoms with van der Waals surface area (Å²) in [5.74, 6) is -2.47. The summed E-state index contributed by atoms with van der Waals surface area (Å²) in [4.78, 5) is 11.9. The number of ketones is 1. The van der Waals surface area contributed by atoms with E-state index < -0.39 is 23.0 Å². The van der Waals surface area contributed by atoms with E-state index in [0.29, 0.717) is 5.69 Å². The summed E-state index contributed by atoms with van der Waals surface area (Å²) in [6, 6.07) is 9.29. The average molecular weight is 233 g/mol. The zero-order chi connectivity index (χ0) is 12.4. The number of carbonyl (C=O) groups is 1. The number of benzene rings is 2. The van der Waals surface area contributed by atoms with Crippen LogP contribution >= 0.6 is 0 Å². The molecule has 0 atom stereocenters. The van der Waals surface area contributed by atoms with Crippen LogP contribution in [0.1, 0.15) is 15.9 Å². The minimum atomic E-state index is -0.877. The van der Waals surface area contributed by atoms with E-state index in [-0.39, 0.29) is 5.56 Å². The molecule has 0 bridgehead atoms. The topological polar surface area (TPSA) is 43.1 Å². The van der Waals surface area contributed by atoms with Crippen molar-refractivity contribution in [3.8, 4) is 0 Å². The third-order valence-electron chi connectivity index (χ3n) is 2.34. The summed E-state index contributed by atoms with van der Waals surface area (Å²) in [5, 5.41) is 0. The average Bonchev–Trinajstić information content (AvgIpc) is 2.28. The lowest BCUT2D eigenvalue weighted by Gasteiger charge is -2.04. The van der Waals surface area contributed by atoms with Crippen LogP contribution < -0.4 is 5.73 Å². The fraction of sp³-hybridized carbons (Fsp3) is 0. The number of rotatable bonds is 2. The van der Waals surface area contributed by atoms with Crippen molar-refractivity contribution in [1.82, 2.24) is 0 Å². The SMILES string of the molecule is Nc1cccc(C(=O)c2c(F)cccc2F)c1. The van der Waals surface area contributed by atoms with Crippen molar-refractivity contribution >= 4 is 11.5 Å². The molecule has 86 valence electrons. The van der Waals surface area contributed by atoms with Gasteiger partial charge in [-0.1, -0.05) is 18.2 Å². The Kier molecular flexibility index (Phi) is 2.87. The highest BCUT2D eigenvalue weighted by molar-refractivity contribution is 6.09. The first-order valence-electron chi connectivity index (χ1n) is 4.94. The Morgan fingerprint density at radius 3 is 2.18 bits per heavy atom. The van der Waals surface area contributed by atoms with Gasteiger partial charge in [-0.25, -0.2) is 8.78 Å². The maximum absolute atomic E-state index is 13.4. The van der Waals surface area contributed by atoms with Crippen molar-refractivity contribution in [1.29, 1.82) is 0 Å². The molecule has 0 fully saturated rings. The normalized spacial score (nSPS) is 10.2. The Bertz CT molecular complexity index is 561. The summed E-state index contributed by atoms with van der Waals surface area (Å²) in [7, 11) is 0. The standard InChI is InChI=1S/C13H9F2NO/c14-10-5-2-6-11(15)12(10)13(17)8-3-1-4-9(16)7-8/h1-7H,16H2. The van der Waals surface area contributed by atoms with Gasteiger partial charge in [0.1, 0.15) is 11.6 Å². The van der Waals surface area contributed by atoms with Crippen molar-refractivity contribution in [2.45, 2.75) is 0 Å². The Hall–Kier alpha value is -2.23. The number of hydrogen-bond donors (Lipinski definition) is 1. The molecular formula is C13H9F2NO. The number of nitrogens with two attached hydrogens (primary N) is 1.